The average molecular weight is 279 g/mol. The van der Waals surface area contributed by atoms with Crippen LogP contribution in [0.3, 0.4) is 0 Å². The summed E-state index contributed by atoms with van der Waals surface area (Å²) in [5.74, 6) is -0.233. The number of aromatic nitrogens is 1. The van der Waals surface area contributed by atoms with E-state index >= 15 is 0 Å². The summed E-state index contributed by atoms with van der Waals surface area (Å²) < 4.78 is 1.52. The smallest absolute Gasteiger partial charge is 0.270 e. The highest BCUT2D eigenvalue weighted by Gasteiger charge is 2.23. The van der Waals surface area contributed by atoms with Crippen LogP contribution in [0.15, 0.2) is 6.07 Å². The highest BCUT2D eigenvalue weighted by molar-refractivity contribution is 6.41. The lowest BCUT2D eigenvalue weighted by Gasteiger charge is -2.25. The SMILES string of the molecule is CN(CC(C)(C)O)C(=O)c1cc(Cl)c(Cl)n1C. The third-order valence-corrected chi connectivity index (χ3v) is 3.15. The van der Waals surface area contributed by atoms with Gasteiger partial charge in [0, 0.05) is 20.6 Å². The van der Waals surface area contributed by atoms with E-state index in [9.17, 15) is 9.90 Å². The zero-order valence-corrected chi connectivity index (χ0v) is 11.8. The Bertz CT molecular complexity index is 435. The molecule has 0 radical (unpaired) electrons. The van der Waals surface area contributed by atoms with Crippen LogP contribution in [0, 0.1) is 0 Å². The van der Waals surface area contributed by atoms with E-state index in [-0.39, 0.29) is 12.5 Å². The maximum atomic E-state index is 12.1. The van der Waals surface area contributed by atoms with Gasteiger partial charge in [0.1, 0.15) is 10.8 Å². The fourth-order valence-electron chi connectivity index (χ4n) is 1.60. The van der Waals surface area contributed by atoms with Crippen LogP contribution >= 0.6 is 23.2 Å². The molecule has 1 rings (SSSR count). The fraction of sp³-hybridized carbons (Fsp3) is 0.545. The van der Waals surface area contributed by atoms with Gasteiger partial charge >= 0.3 is 0 Å². The lowest BCUT2D eigenvalue weighted by molar-refractivity contribution is 0.0363. The Labute approximate surface area is 111 Å². The molecule has 96 valence electrons. The number of halogens is 2. The second-order valence-electron chi connectivity index (χ2n) is 4.70. The third kappa shape index (κ3) is 3.37. The van der Waals surface area contributed by atoms with Crippen molar-refractivity contribution in [1.82, 2.24) is 9.47 Å². The van der Waals surface area contributed by atoms with Crippen molar-refractivity contribution < 1.29 is 9.90 Å². The zero-order chi connectivity index (χ0) is 13.4. The Balaban J connectivity index is 2.93. The Morgan fingerprint density at radius 3 is 2.41 bits per heavy atom. The first-order valence-electron chi connectivity index (χ1n) is 5.12. The normalized spacial score (nSPS) is 11.7. The highest BCUT2D eigenvalue weighted by atomic mass is 35.5. The number of carbonyl (C=O) groups is 1. The summed E-state index contributed by atoms with van der Waals surface area (Å²) in [4.78, 5) is 13.5. The van der Waals surface area contributed by atoms with E-state index in [1.165, 1.54) is 15.5 Å². The number of amides is 1. The maximum Gasteiger partial charge on any atom is 0.270 e. The minimum Gasteiger partial charge on any atom is -0.389 e. The van der Waals surface area contributed by atoms with E-state index in [1.54, 1.807) is 27.9 Å². The van der Waals surface area contributed by atoms with Gasteiger partial charge in [0.2, 0.25) is 0 Å². The molecule has 0 unspecified atom stereocenters. The molecular formula is C11H16Cl2N2O2. The minimum absolute atomic E-state index is 0.228. The molecule has 0 aliphatic heterocycles. The number of nitrogens with zero attached hydrogens (tertiary/aromatic N) is 2. The van der Waals surface area contributed by atoms with Crippen LogP contribution in [-0.2, 0) is 7.05 Å². The van der Waals surface area contributed by atoms with Crippen molar-refractivity contribution in [1.29, 1.82) is 0 Å². The van der Waals surface area contributed by atoms with E-state index < -0.39 is 5.60 Å². The van der Waals surface area contributed by atoms with Crippen LogP contribution in [0.4, 0.5) is 0 Å². The largest absolute Gasteiger partial charge is 0.389 e. The molecule has 0 bridgehead atoms. The maximum absolute atomic E-state index is 12.1. The van der Waals surface area contributed by atoms with Crippen molar-refractivity contribution >= 4 is 29.1 Å². The number of hydrogen-bond acceptors (Lipinski definition) is 2. The van der Waals surface area contributed by atoms with E-state index in [0.29, 0.717) is 15.9 Å². The molecule has 0 aromatic carbocycles. The van der Waals surface area contributed by atoms with Crippen LogP contribution < -0.4 is 0 Å². The van der Waals surface area contributed by atoms with Crippen molar-refractivity contribution in [3.8, 4) is 0 Å². The number of hydrogen-bond donors (Lipinski definition) is 1. The lowest BCUT2D eigenvalue weighted by Crippen LogP contribution is -2.40. The van der Waals surface area contributed by atoms with E-state index in [2.05, 4.69) is 0 Å². The molecule has 6 heteroatoms. The van der Waals surface area contributed by atoms with Gasteiger partial charge in [0.15, 0.2) is 0 Å². The van der Waals surface area contributed by atoms with Gasteiger partial charge in [-0.15, -0.1) is 0 Å². The van der Waals surface area contributed by atoms with Crippen LogP contribution in [0.1, 0.15) is 24.3 Å². The Hall–Kier alpha value is -0.710. The molecule has 0 aliphatic carbocycles. The molecule has 1 aromatic heterocycles. The molecule has 1 amide bonds. The molecule has 0 fully saturated rings. The summed E-state index contributed by atoms with van der Waals surface area (Å²) >= 11 is 11.7. The van der Waals surface area contributed by atoms with Gasteiger partial charge in [-0.1, -0.05) is 23.2 Å². The monoisotopic (exact) mass is 278 g/mol. The molecule has 0 aliphatic rings. The summed E-state index contributed by atoms with van der Waals surface area (Å²) in [7, 11) is 3.29. The van der Waals surface area contributed by atoms with E-state index in [1.807, 2.05) is 0 Å². The summed E-state index contributed by atoms with van der Waals surface area (Å²) in [6.45, 7) is 3.51. The molecule has 1 N–H and O–H groups in total. The van der Waals surface area contributed by atoms with Crippen LogP contribution in [0.5, 0.6) is 0 Å². The molecule has 1 heterocycles. The summed E-state index contributed by atoms with van der Waals surface area (Å²) in [6.07, 6.45) is 0. The highest BCUT2D eigenvalue weighted by Crippen LogP contribution is 2.25. The van der Waals surface area contributed by atoms with Crippen molar-refractivity contribution in [3.63, 3.8) is 0 Å². The van der Waals surface area contributed by atoms with Crippen molar-refractivity contribution in [2.45, 2.75) is 19.4 Å². The van der Waals surface area contributed by atoms with Gasteiger partial charge in [0.25, 0.3) is 5.91 Å². The topological polar surface area (TPSA) is 45.5 Å². The van der Waals surface area contributed by atoms with Crippen LogP contribution in [0.25, 0.3) is 0 Å². The zero-order valence-electron chi connectivity index (χ0n) is 10.3. The molecule has 4 nitrogen and oxygen atoms in total. The predicted octanol–water partition coefficient (Wildman–Crippen LogP) is 2.17. The Morgan fingerprint density at radius 2 is 2.06 bits per heavy atom. The molecular weight excluding hydrogens is 263 g/mol. The molecule has 17 heavy (non-hydrogen) atoms. The first kappa shape index (κ1) is 14.4. The Kier molecular flexibility index (Phi) is 4.12. The van der Waals surface area contributed by atoms with Crippen LogP contribution in [-0.4, -0.2) is 39.7 Å². The van der Waals surface area contributed by atoms with Gasteiger partial charge in [0.05, 0.1) is 10.6 Å². The first-order chi connectivity index (χ1) is 7.63. The first-order valence-corrected chi connectivity index (χ1v) is 5.87. The quantitative estimate of drug-likeness (QED) is 0.921. The van der Waals surface area contributed by atoms with Gasteiger partial charge in [-0.05, 0) is 19.9 Å². The lowest BCUT2D eigenvalue weighted by atomic mass is 10.1. The average Bonchev–Trinajstić information content (AvgIpc) is 2.42. The predicted molar refractivity (Wildman–Crippen MR) is 68.7 cm³/mol. The summed E-state index contributed by atoms with van der Waals surface area (Å²) in [5.41, 5.74) is -0.546. The van der Waals surface area contributed by atoms with Crippen molar-refractivity contribution in [3.05, 3.63) is 21.9 Å². The van der Waals surface area contributed by atoms with E-state index in [0.717, 1.165) is 0 Å². The van der Waals surface area contributed by atoms with Gasteiger partial charge in [-0.2, -0.15) is 0 Å². The standard InChI is InChI=1S/C11H16Cl2N2O2/c1-11(2,17)6-14(3)10(16)8-5-7(12)9(13)15(8)4/h5,17H,6H2,1-4H3. The number of carbonyl (C=O) groups excluding carboxylic acids is 1. The molecule has 0 saturated carbocycles. The van der Waals surface area contributed by atoms with Gasteiger partial charge in [-0.3, -0.25) is 4.79 Å². The van der Waals surface area contributed by atoms with Crippen LogP contribution in [0.2, 0.25) is 10.2 Å². The molecule has 0 saturated heterocycles. The minimum atomic E-state index is -0.941. The second-order valence-corrected chi connectivity index (χ2v) is 5.47. The summed E-state index contributed by atoms with van der Waals surface area (Å²) in [5, 5.41) is 10.3. The fourth-order valence-corrected chi connectivity index (χ4v) is 1.97. The second kappa shape index (κ2) is 4.88. The number of likely N-dealkylation sites (N-methyl/N-ethyl adjacent to an activating group) is 1. The third-order valence-electron chi connectivity index (χ3n) is 2.31. The molecule has 0 atom stereocenters. The Morgan fingerprint density at radius 1 is 1.53 bits per heavy atom. The molecule has 0 spiro atoms. The van der Waals surface area contributed by atoms with E-state index in [4.69, 9.17) is 23.2 Å². The van der Waals surface area contributed by atoms with Gasteiger partial charge in [-0.25, -0.2) is 0 Å². The van der Waals surface area contributed by atoms with Crippen molar-refractivity contribution in [2.75, 3.05) is 13.6 Å². The number of aliphatic hydroxyl groups is 1. The number of rotatable bonds is 3. The molecule has 1 aromatic rings. The van der Waals surface area contributed by atoms with Gasteiger partial charge < -0.3 is 14.6 Å². The summed E-state index contributed by atoms with van der Waals surface area (Å²) in [6, 6.07) is 1.52. The van der Waals surface area contributed by atoms with Crippen molar-refractivity contribution in [2.24, 2.45) is 7.05 Å².